The van der Waals surface area contributed by atoms with Gasteiger partial charge in [0.1, 0.15) is 0 Å². The number of benzene rings is 2. The van der Waals surface area contributed by atoms with Gasteiger partial charge in [0.2, 0.25) is 0 Å². The third-order valence-electron chi connectivity index (χ3n) is 2.78. The SMILES string of the molecule is O=C1CSCc2ccc3ccccc3c21. The van der Waals surface area contributed by atoms with Crippen molar-refractivity contribution in [1.29, 1.82) is 0 Å². The lowest BCUT2D eigenvalue weighted by atomic mass is 9.97. The van der Waals surface area contributed by atoms with Gasteiger partial charge in [-0.05, 0) is 16.3 Å². The van der Waals surface area contributed by atoms with Crippen LogP contribution in [0.3, 0.4) is 0 Å². The molecule has 0 bridgehead atoms. The number of hydrogen-bond acceptors (Lipinski definition) is 2. The highest BCUT2D eigenvalue weighted by atomic mass is 32.2. The Hall–Kier alpha value is -1.28. The average molecular weight is 214 g/mol. The molecule has 0 saturated heterocycles. The molecule has 0 spiro atoms. The first-order chi connectivity index (χ1) is 7.36. The molecule has 0 aliphatic carbocycles. The van der Waals surface area contributed by atoms with E-state index in [9.17, 15) is 4.79 Å². The lowest BCUT2D eigenvalue weighted by Crippen LogP contribution is -2.12. The molecule has 0 N–H and O–H groups in total. The van der Waals surface area contributed by atoms with Crippen molar-refractivity contribution < 1.29 is 4.79 Å². The maximum atomic E-state index is 11.9. The van der Waals surface area contributed by atoms with Crippen molar-refractivity contribution in [1.82, 2.24) is 0 Å². The van der Waals surface area contributed by atoms with Gasteiger partial charge in [-0.1, -0.05) is 36.4 Å². The summed E-state index contributed by atoms with van der Waals surface area (Å²) in [7, 11) is 0. The van der Waals surface area contributed by atoms with Crippen LogP contribution in [0.15, 0.2) is 36.4 Å². The summed E-state index contributed by atoms with van der Waals surface area (Å²) >= 11 is 1.70. The van der Waals surface area contributed by atoms with Gasteiger partial charge in [-0.15, -0.1) is 11.8 Å². The van der Waals surface area contributed by atoms with Crippen molar-refractivity contribution >= 4 is 28.3 Å². The van der Waals surface area contributed by atoms with Gasteiger partial charge in [-0.3, -0.25) is 4.79 Å². The number of carbonyl (C=O) groups is 1. The Labute approximate surface area is 92.5 Å². The number of ketones is 1. The number of Topliss-reactive ketones (excluding diaryl/α,β-unsaturated/α-hetero) is 1. The molecule has 2 heteroatoms. The Bertz CT molecular complexity index is 545. The van der Waals surface area contributed by atoms with Crippen molar-refractivity contribution in [3.63, 3.8) is 0 Å². The molecule has 15 heavy (non-hydrogen) atoms. The Morgan fingerprint density at radius 3 is 2.80 bits per heavy atom. The molecular weight excluding hydrogens is 204 g/mol. The lowest BCUT2D eigenvalue weighted by Gasteiger charge is -2.16. The average Bonchev–Trinajstić information content (AvgIpc) is 2.29. The zero-order valence-electron chi connectivity index (χ0n) is 8.19. The van der Waals surface area contributed by atoms with Gasteiger partial charge in [0.05, 0.1) is 5.75 Å². The Morgan fingerprint density at radius 1 is 1.00 bits per heavy atom. The minimum Gasteiger partial charge on any atom is -0.293 e. The largest absolute Gasteiger partial charge is 0.293 e. The van der Waals surface area contributed by atoms with Gasteiger partial charge in [-0.25, -0.2) is 0 Å². The second-order valence-electron chi connectivity index (χ2n) is 3.74. The van der Waals surface area contributed by atoms with Crippen LogP contribution >= 0.6 is 11.8 Å². The Balaban J connectivity index is 2.40. The summed E-state index contributed by atoms with van der Waals surface area (Å²) in [5, 5.41) is 2.27. The maximum absolute atomic E-state index is 11.9. The van der Waals surface area contributed by atoms with Gasteiger partial charge in [0, 0.05) is 11.3 Å². The minimum absolute atomic E-state index is 0.276. The molecular formula is C13H10OS. The van der Waals surface area contributed by atoms with E-state index in [2.05, 4.69) is 18.2 Å². The van der Waals surface area contributed by atoms with E-state index in [0.29, 0.717) is 5.75 Å². The first kappa shape index (κ1) is 8.98. The van der Waals surface area contributed by atoms with Crippen molar-refractivity contribution in [3.8, 4) is 0 Å². The normalized spacial score (nSPS) is 15.3. The molecule has 0 amide bonds. The van der Waals surface area contributed by atoms with E-state index in [0.717, 1.165) is 22.1 Å². The third kappa shape index (κ3) is 1.37. The molecule has 1 aliphatic heterocycles. The second kappa shape index (κ2) is 3.38. The molecule has 2 aromatic carbocycles. The van der Waals surface area contributed by atoms with E-state index in [-0.39, 0.29) is 5.78 Å². The molecule has 3 rings (SSSR count). The molecule has 0 atom stereocenters. The fourth-order valence-electron chi connectivity index (χ4n) is 2.09. The van der Waals surface area contributed by atoms with Crippen LogP contribution in [-0.4, -0.2) is 11.5 Å². The van der Waals surface area contributed by atoms with Crippen molar-refractivity contribution in [2.45, 2.75) is 5.75 Å². The lowest BCUT2D eigenvalue weighted by molar-refractivity contribution is 0.102. The second-order valence-corrected chi connectivity index (χ2v) is 4.72. The summed E-state index contributed by atoms with van der Waals surface area (Å²) in [6, 6.07) is 12.3. The first-order valence-corrected chi connectivity index (χ1v) is 6.13. The summed E-state index contributed by atoms with van der Waals surface area (Å²) in [5.41, 5.74) is 2.14. The van der Waals surface area contributed by atoms with Crippen LogP contribution in [0.5, 0.6) is 0 Å². The highest BCUT2D eigenvalue weighted by Crippen LogP contribution is 2.30. The molecule has 0 unspecified atom stereocenters. The van der Waals surface area contributed by atoms with Gasteiger partial charge < -0.3 is 0 Å². The van der Waals surface area contributed by atoms with Crippen LogP contribution in [-0.2, 0) is 5.75 Å². The predicted octanol–water partition coefficient (Wildman–Crippen LogP) is 3.27. The van der Waals surface area contributed by atoms with Crippen LogP contribution in [0.2, 0.25) is 0 Å². The molecule has 74 valence electrons. The molecule has 0 radical (unpaired) electrons. The summed E-state index contributed by atoms with van der Waals surface area (Å²) in [4.78, 5) is 11.9. The number of rotatable bonds is 0. The highest BCUT2D eigenvalue weighted by Gasteiger charge is 2.19. The van der Waals surface area contributed by atoms with Crippen molar-refractivity contribution in [2.75, 3.05) is 5.75 Å². The third-order valence-corrected chi connectivity index (χ3v) is 3.77. The van der Waals surface area contributed by atoms with Crippen molar-refractivity contribution in [3.05, 3.63) is 47.5 Å². The van der Waals surface area contributed by atoms with Gasteiger partial charge >= 0.3 is 0 Å². The predicted molar refractivity (Wildman–Crippen MR) is 64.4 cm³/mol. The van der Waals surface area contributed by atoms with Crippen LogP contribution < -0.4 is 0 Å². The van der Waals surface area contributed by atoms with E-state index in [1.54, 1.807) is 11.8 Å². The molecule has 1 heterocycles. The number of fused-ring (bicyclic) bond motifs is 3. The fraction of sp³-hybridized carbons (Fsp3) is 0.154. The number of carbonyl (C=O) groups excluding carboxylic acids is 1. The summed E-state index contributed by atoms with van der Waals surface area (Å²) in [6.45, 7) is 0. The molecule has 0 fully saturated rings. The monoisotopic (exact) mass is 214 g/mol. The number of hydrogen-bond donors (Lipinski definition) is 0. The van der Waals surface area contributed by atoms with Gasteiger partial charge in [0.25, 0.3) is 0 Å². The minimum atomic E-state index is 0.276. The molecule has 0 aromatic heterocycles. The summed E-state index contributed by atoms with van der Waals surface area (Å²) in [6.07, 6.45) is 0. The molecule has 1 nitrogen and oxygen atoms in total. The zero-order valence-corrected chi connectivity index (χ0v) is 9.01. The summed E-state index contributed by atoms with van der Waals surface area (Å²) < 4.78 is 0. The maximum Gasteiger partial charge on any atom is 0.173 e. The van der Waals surface area contributed by atoms with Crippen LogP contribution in [0.25, 0.3) is 10.8 Å². The van der Waals surface area contributed by atoms with Crippen LogP contribution in [0.1, 0.15) is 15.9 Å². The van der Waals surface area contributed by atoms with Crippen LogP contribution in [0.4, 0.5) is 0 Å². The smallest absolute Gasteiger partial charge is 0.173 e. The molecule has 0 saturated carbocycles. The fourth-order valence-corrected chi connectivity index (χ4v) is 2.98. The van der Waals surface area contributed by atoms with E-state index in [1.165, 1.54) is 5.56 Å². The van der Waals surface area contributed by atoms with E-state index in [1.807, 2.05) is 18.2 Å². The topological polar surface area (TPSA) is 17.1 Å². The molecule has 2 aromatic rings. The zero-order chi connectivity index (χ0) is 10.3. The van der Waals surface area contributed by atoms with Crippen molar-refractivity contribution in [2.24, 2.45) is 0 Å². The molecule has 1 aliphatic rings. The number of thioether (sulfide) groups is 1. The summed E-state index contributed by atoms with van der Waals surface area (Å²) in [5.74, 6) is 1.87. The van der Waals surface area contributed by atoms with Crippen LogP contribution in [0, 0.1) is 0 Å². The van der Waals surface area contributed by atoms with E-state index >= 15 is 0 Å². The standard InChI is InChI=1S/C13H10OS/c14-12-8-15-7-10-6-5-9-3-1-2-4-11(9)13(10)12/h1-6H,7-8H2. The van der Waals surface area contributed by atoms with Gasteiger partial charge in [-0.2, -0.15) is 0 Å². The quantitative estimate of drug-likeness (QED) is 0.669. The Morgan fingerprint density at radius 2 is 1.87 bits per heavy atom. The van der Waals surface area contributed by atoms with E-state index < -0.39 is 0 Å². The van der Waals surface area contributed by atoms with Gasteiger partial charge in [0.15, 0.2) is 5.78 Å². The van der Waals surface area contributed by atoms with E-state index in [4.69, 9.17) is 0 Å². The first-order valence-electron chi connectivity index (χ1n) is 4.98. The highest BCUT2D eigenvalue weighted by molar-refractivity contribution is 7.99. The Kier molecular flexibility index (Phi) is 2.03.